The van der Waals surface area contributed by atoms with E-state index >= 15 is 0 Å². The van der Waals surface area contributed by atoms with Crippen molar-refractivity contribution in [2.45, 2.75) is 0 Å². The Hall–Kier alpha value is -0.890. The first-order valence-electron chi connectivity index (χ1n) is 3.48. The molecule has 0 aromatic heterocycles. The average Bonchev–Trinajstić information content (AvgIpc) is 2.03. The van der Waals surface area contributed by atoms with E-state index in [9.17, 15) is 4.39 Å². The van der Waals surface area contributed by atoms with E-state index in [-0.39, 0.29) is 5.82 Å². The molecule has 1 aromatic carbocycles. The molecule has 0 radical (unpaired) electrons. The van der Waals surface area contributed by atoms with Crippen molar-refractivity contribution >= 4 is 22.0 Å². The second-order valence-corrected chi connectivity index (χ2v) is 3.11. The summed E-state index contributed by atoms with van der Waals surface area (Å²) in [5.41, 5.74) is 0.941. The molecule has 0 spiro atoms. The summed E-state index contributed by atoms with van der Waals surface area (Å²) in [4.78, 5) is 0. The highest BCUT2D eigenvalue weighted by atomic mass is 79.9. The smallest absolute Gasteiger partial charge is 0.124 e. The number of hydrogen-bond donors (Lipinski definition) is 0. The normalized spacial score (nSPS) is 10.5. The fourth-order valence-corrected chi connectivity index (χ4v) is 1.29. The highest BCUT2D eigenvalue weighted by Crippen LogP contribution is 2.19. The molecule has 0 fully saturated rings. The molecule has 0 unspecified atom stereocenters. The van der Waals surface area contributed by atoms with E-state index in [4.69, 9.17) is 0 Å². The maximum atomic E-state index is 12.6. The van der Waals surface area contributed by atoms with Crippen LogP contribution in [-0.4, -0.2) is 0 Å². The number of hydrogen-bond acceptors (Lipinski definition) is 0. The molecule has 0 saturated carbocycles. The Kier molecular flexibility index (Phi) is 3.23. The Bertz CT molecular complexity index is 316. The molecule has 12 heavy (non-hydrogen) atoms. The van der Waals surface area contributed by atoms with Gasteiger partial charge in [-0.2, -0.15) is 0 Å². The van der Waals surface area contributed by atoms with Gasteiger partial charge in [0.25, 0.3) is 0 Å². The van der Waals surface area contributed by atoms with Gasteiger partial charge in [-0.15, -0.1) is 0 Å². The van der Waals surface area contributed by atoms with E-state index in [2.05, 4.69) is 22.5 Å². The lowest BCUT2D eigenvalue weighted by Gasteiger charge is -1.96. The van der Waals surface area contributed by atoms with Crippen molar-refractivity contribution in [3.05, 3.63) is 52.8 Å². The molecule has 0 saturated heterocycles. The van der Waals surface area contributed by atoms with Gasteiger partial charge >= 0.3 is 0 Å². The monoisotopic (exact) mass is 226 g/mol. The maximum absolute atomic E-state index is 12.6. The molecule has 0 atom stereocenters. The van der Waals surface area contributed by atoms with Gasteiger partial charge in [0.15, 0.2) is 0 Å². The van der Waals surface area contributed by atoms with Crippen molar-refractivity contribution < 1.29 is 4.39 Å². The van der Waals surface area contributed by atoms with Gasteiger partial charge in [-0.25, -0.2) is 4.39 Å². The zero-order chi connectivity index (χ0) is 8.97. The lowest BCUT2D eigenvalue weighted by Crippen LogP contribution is -1.77. The Morgan fingerprint density at radius 1 is 1.42 bits per heavy atom. The van der Waals surface area contributed by atoms with Crippen molar-refractivity contribution in [1.29, 1.82) is 0 Å². The Morgan fingerprint density at radius 3 is 2.75 bits per heavy atom. The summed E-state index contributed by atoms with van der Waals surface area (Å²) in [6, 6.07) is 4.57. The second-order valence-electron chi connectivity index (χ2n) is 2.26. The average molecular weight is 227 g/mol. The van der Waals surface area contributed by atoms with Gasteiger partial charge in [0, 0.05) is 4.47 Å². The van der Waals surface area contributed by atoms with Crippen LogP contribution in [0.25, 0.3) is 6.08 Å². The standard InChI is InChI=1S/C10H8BrF/c1-2-3-4-8-5-6-9(12)7-10(8)11/h2-7H,1H2/b4-3+. The minimum Gasteiger partial charge on any atom is -0.207 e. The number of allylic oxidation sites excluding steroid dienone is 2. The topological polar surface area (TPSA) is 0 Å². The van der Waals surface area contributed by atoms with Gasteiger partial charge < -0.3 is 0 Å². The van der Waals surface area contributed by atoms with Crippen LogP contribution in [0.3, 0.4) is 0 Å². The lowest BCUT2D eigenvalue weighted by molar-refractivity contribution is 0.627. The molecule has 0 aliphatic rings. The fourth-order valence-electron chi connectivity index (χ4n) is 0.808. The molecule has 0 aliphatic heterocycles. The van der Waals surface area contributed by atoms with Gasteiger partial charge in [0.1, 0.15) is 5.82 Å². The van der Waals surface area contributed by atoms with E-state index in [0.29, 0.717) is 0 Å². The third kappa shape index (κ3) is 2.31. The van der Waals surface area contributed by atoms with Crippen LogP contribution >= 0.6 is 15.9 Å². The van der Waals surface area contributed by atoms with Crippen LogP contribution in [0.1, 0.15) is 5.56 Å². The molecule has 0 bridgehead atoms. The van der Waals surface area contributed by atoms with E-state index < -0.39 is 0 Å². The van der Waals surface area contributed by atoms with Gasteiger partial charge in [0.05, 0.1) is 0 Å². The molecule has 0 amide bonds. The fraction of sp³-hybridized carbons (Fsp3) is 0. The second kappa shape index (κ2) is 4.21. The molecule has 1 rings (SSSR count). The van der Waals surface area contributed by atoms with Crippen LogP contribution in [0.2, 0.25) is 0 Å². The maximum Gasteiger partial charge on any atom is 0.124 e. The van der Waals surface area contributed by atoms with Crippen molar-refractivity contribution in [2.75, 3.05) is 0 Å². The Morgan fingerprint density at radius 2 is 2.17 bits per heavy atom. The Labute approximate surface area is 79.5 Å². The van der Waals surface area contributed by atoms with Crippen LogP contribution in [-0.2, 0) is 0 Å². The third-order valence-corrected chi connectivity index (χ3v) is 2.06. The van der Waals surface area contributed by atoms with Crippen LogP contribution in [0.4, 0.5) is 4.39 Å². The number of rotatable bonds is 2. The highest BCUT2D eigenvalue weighted by molar-refractivity contribution is 9.10. The Balaban J connectivity index is 3.01. The zero-order valence-corrected chi connectivity index (χ0v) is 8.01. The van der Waals surface area contributed by atoms with Gasteiger partial charge in [-0.1, -0.05) is 46.8 Å². The molecular formula is C10H8BrF. The van der Waals surface area contributed by atoms with Crippen molar-refractivity contribution in [3.8, 4) is 0 Å². The first-order valence-corrected chi connectivity index (χ1v) is 4.27. The summed E-state index contributed by atoms with van der Waals surface area (Å²) in [6.45, 7) is 3.55. The molecule has 0 nitrogen and oxygen atoms in total. The molecule has 0 N–H and O–H groups in total. The zero-order valence-electron chi connectivity index (χ0n) is 6.43. The van der Waals surface area contributed by atoms with Gasteiger partial charge in [0.2, 0.25) is 0 Å². The van der Waals surface area contributed by atoms with Crippen molar-refractivity contribution in [1.82, 2.24) is 0 Å². The van der Waals surface area contributed by atoms with Crippen molar-refractivity contribution in [3.63, 3.8) is 0 Å². The first kappa shape index (κ1) is 9.20. The summed E-state index contributed by atoms with van der Waals surface area (Å²) in [5.74, 6) is -0.238. The summed E-state index contributed by atoms with van der Waals surface area (Å²) in [6.07, 6.45) is 5.34. The summed E-state index contributed by atoms with van der Waals surface area (Å²) in [5, 5.41) is 0. The van der Waals surface area contributed by atoms with E-state index in [1.807, 2.05) is 6.08 Å². The molecule has 0 heterocycles. The van der Waals surface area contributed by atoms with E-state index in [0.717, 1.165) is 10.0 Å². The van der Waals surface area contributed by atoms with Crippen LogP contribution in [0.15, 0.2) is 41.4 Å². The number of halogens is 2. The summed E-state index contributed by atoms with van der Waals surface area (Å²) in [7, 11) is 0. The van der Waals surface area contributed by atoms with Crippen molar-refractivity contribution in [2.24, 2.45) is 0 Å². The van der Waals surface area contributed by atoms with Crippen LogP contribution in [0.5, 0.6) is 0 Å². The lowest BCUT2D eigenvalue weighted by atomic mass is 10.2. The molecule has 1 aromatic rings. The minimum atomic E-state index is -0.238. The predicted molar refractivity (Wildman–Crippen MR) is 53.3 cm³/mol. The van der Waals surface area contributed by atoms with Gasteiger partial charge in [-0.3, -0.25) is 0 Å². The first-order chi connectivity index (χ1) is 5.74. The minimum absolute atomic E-state index is 0.238. The van der Waals surface area contributed by atoms with Crippen LogP contribution < -0.4 is 0 Å². The van der Waals surface area contributed by atoms with E-state index in [1.54, 1.807) is 18.2 Å². The quantitative estimate of drug-likeness (QED) is 0.674. The summed E-state index contributed by atoms with van der Waals surface area (Å²) < 4.78 is 13.3. The molecule has 2 heteroatoms. The van der Waals surface area contributed by atoms with E-state index in [1.165, 1.54) is 12.1 Å². The SMILES string of the molecule is C=C/C=C/c1ccc(F)cc1Br. The summed E-state index contributed by atoms with van der Waals surface area (Å²) >= 11 is 3.25. The third-order valence-electron chi connectivity index (χ3n) is 1.37. The number of benzene rings is 1. The largest absolute Gasteiger partial charge is 0.207 e. The van der Waals surface area contributed by atoms with Crippen LogP contribution in [0, 0.1) is 5.82 Å². The predicted octanol–water partition coefficient (Wildman–Crippen LogP) is 3.79. The molecular weight excluding hydrogens is 219 g/mol. The highest BCUT2D eigenvalue weighted by Gasteiger charge is 1.96. The van der Waals surface area contributed by atoms with Gasteiger partial charge in [-0.05, 0) is 17.7 Å². The molecule has 0 aliphatic carbocycles. The molecule has 62 valence electrons.